The van der Waals surface area contributed by atoms with Gasteiger partial charge in [-0.3, -0.25) is 0 Å². The summed E-state index contributed by atoms with van der Waals surface area (Å²) in [7, 11) is 0. The summed E-state index contributed by atoms with van der Waals surface area (Å²) in [5.41, 5.74) is 2.76. The largest absolute Gasteiger partial charge is 0.362 e. The molecule has 0 radical (unpaired) electrons. The molecule has 1 saturated carbocycles. The second-order valence-electron chi connectivity index (χ2n) is 4.87. The molecule has 16 heavy (non-hydrogen) atoms. The summed E-state index contributed by atoms with van der Waals surface area (Å²) in [6.07, 6.45) is 5.90. The Morgan fingerprint density at radius 1 is 1.19 bits per heavy atom. The second-order valence-corrected chi connectivity index (χ2v) is 4.87. The number of anilines is 1. The zero-order valence-electron chi connectivity index (χ0n) is 9.43. The maximum absolute atomic E-state index is 11.0. The Hall–Kier alpha value is -1.31. The number of benzene rings is 1. The van der Waals surface area contributed by atoms with Gasteiger partial charge >= 0.3 is 0 Å². The van der Waals surface area contributed by atoms with Crippen LogP contribution >= 0.6 is 0 Å². The molecular weight excluding hydrogens is 198 g/mol. The van der Waals surface area contributed by atoms with Crippen LogP contribution in [0.3, 0.4) is 0 Å². The van der Waals surface area contributed by atoms with Gasteiger partial charge in [0.25, 0.3) is 0 Å². The lowest BCUT2D eigenvalue weighted by atomic mass is 10.1. The predicted molar refractivity (Wildman–Crippen MR) is 64.8 cm³/mol. The minimum absolute atomic E-state index is 0.111. The van der Waals surface area contributed by atoms with Crippen LogP contribution < -0.4 is 4.90 Å². The highest BCUT2D eigenvalue weighted by Gasteiger charge is 2.31. The smallest absolute Gasteiger partial charge is 0.142 e. The van der Waals surface area contributed by atoms with E-state index in [2.05, 4.69) is 29.2 Å². The normalized spacial score (nSPS) is 24.8. The van der Waals surface area contributed by atoms with Crippen LogP contribution in [0.25, 0.3) is 0 Å². The van der Waals surface area contributed by atoms with Gasteiger partial charge < -0.3 is 9.69 Å². The van der Waals surface area contributed by atoms with E-state index >= 15 is 0 Å². The third-order valence-electron chi connectivity index (χ3n) is 3.72. The lowest BCUT2D eigenvalue weighted by molar-refractivity contribution is -0.108. The van der Waals surface area contributed by atoms with E-state index in [1.54, 1.807) is 0 Å². The highest BCUT2D eigenvalue weighted by Crippen LogP contribution is 2.45. The van der Waals surface area contributed by atoms with Crippen LogP contribution in [0.1, 0.15) is 37.2 Å². The van der Waals surface area contributed by atoms with E-state index in [0.717, 1.165) is 31.6 Å². The molecule has 2 aliphatic rings. The van der Waals surface area contributed by atoms with Crippen molar-refractivity contribution in [3.8, 4) is 0 Å². The molecule has 1 aliphatic heterocycles. The average molecular weight is 215 g/mol. The first-order chi connectivity index (χ1) is 7.90. The van der Waals surface area contributed by atoms with Crippen molar-refractivity contribution in [3.63, 3.8) is 0 Å². The Bertz CT molecular complexity index is 397. The van der Waals surface area contributed by atoms with Crippen LogP contribution in [0.4, 0.5) is 5.69 Å². The predicted octanol–water partition coefficient (Wildman–Crippen LogP) is 2.73. The minimum atomic E-state index is 0.111. The molecule has 1 heterocycles. The number of carbonyl (C=O) groups is 1. The van der Waals surface area contributed by atoms with Gasteiger partial charge in [-0.2, -0.15) is 0 Å². The number of para-hydroxylation sites is 1. The molecule has 2 nitrogen and oxygen atoms in total. The summed E-state index contributed by atoms with van der Waals surface area (Å²) < 4.78 is 0. The van der Waals surface area contributed by atoms with E-state index in [4.69, 9.17) is 0 Å². The number of rotatable bonds is 3. The van der Waals surface area contributed by atoms with E-state index in [1.165, 1.54) is 24.1 Å². The van der Waals surface area contributed by atoms with Crippen LogP contribution in [0, 0.1) is 0 Å². The zero-order chi connectivity index (χ0) is 11.0. The molecule has 2 heteroatoms. The molecule has 0 aromatic heterocycles. The molecule has 1 saturated heterocycles. The van der Waals surface area contributed by atoms with Gasteiger partial charge in [-0.25, -0.2) is 0 Å². The zero-order valence-corrected chi connectivity index (χ0v) is 9.43. The summed E-state index contributed by atoms with van der Waals surface area (Å²) in [6.45, 7) is 1.03. The van der Waals surface area contributed by atoms with Gasteiger partial charge in [0.05, 0.1) is 6.04 Å². The summed E-state index contributed by atoms with van der Waals surface area (Å²) in [5.74, 6) is 0.754. The Morgan fingerprint density at radius 2 is 2.00 bits per heavy atom. The van der Waals surface area contributed by atoms with Gasteiger partial charge in [-0.05, 0) is 43.2 Å². The first-order valence-corrected chi connectivity index (χ1v) is 6.21. The Balaban J connectivity index is 1.95. The summed E-state index contributed by atoms with van der Waals surface area (Å²) in [4.78, 5) is 13.3. The molecule has 1 aromatic rings. The van der Waals surface area contributed by atoms with E-state index in [1.807, 2.05) is 0 Å². The summed E-state index contributed by atoms with van der Waals surface area (Å²) in [5, 5.41) is 0. The molecule has 3 rings (SSSR count). The molecule has 0 N–H and O–H groups in total. The van der Waals surface area contributed by atoms with Crippen molar-refractivity contribution in [1.29, 1.82) is 0 Å². The highest BCUT2D eigenvalue weighted by atomic mass is 16.1. The fourth-order valence-electron chi connectivity index (χ4n) is 2.72. The lowest BCUT2D eigenvalue weighted by Crippen LogP contribution is -2.30. The summed E-state index contributed by atoms with van der Waals surface area (Å²) >= 11 is 0. The van der Waals surface area contributed by atoms with Crippen molar-refractivity contribution in [3.05, 3.63) is 29.8 Å². The van der Waals surface area contributed by atoms with Crippen LogP contribution in [0.5, 0.6) is 0 Å². The molecule has 84 valence electrons. The van der Waals surface area contributed by atoms with Crippen molar-refractivity contribution >= 4 is 12.0 Å². The topological polar surface area (TPSA) is 20.3 Å². The first-order valence-electron chi connectivity index (χ1n) is 6.21. The van der Waals surface area contributed by atoms with Crippen molar-refractivity contribution in [1.82, 2.24) is 0 Å². The quantitative estimate of drug-likeness (QED) is 0.723. The third-order valence-corrected chi connectivity index (χ3v) is 3.72. The standard InChI is InChI=1S/C14H17NO/c16-10-12-4-3-9-15(12)14-6-2-1-5-13(14)11-7-8-11/h1-2,5-6,10-12H,3-4,7-9H2. The molecule has 0 amide bonds. The van der Waals surface area contributed by atoms with E-state index in [-0.39, 0.29) is 6.04 Å². The third kappa shape index (κ3) is 1.62. The molecular formula is C14H17NO. The van der Waals surface area contributed by atoms with E-state index < -0.39 is 0 Å². The van der Waals surface area contributed by atoms with Crippen molar-refractivity contribution in [2.24, 2.45) is 0 Å². The molecule has 1 aliphatic carbocycles. The van der Waals surface area contributed by atoms with Crippen LogP contribution in [0.2, 0.25) is 0 Å². The molecule has 1 atom stereocenters. The Labute approximate surface area is 96.3 Å². The maximum atomic E-state index is 11.0. The molecule has 1 aromatic carbocycles. The molecule has 0 bridgehead atoms. The van der Waals surface area contributed by atoms with Gasteiger partial charge in [0.2, 0.25) is 0 Å². The summed E-state index contributed by atoms with van der Waals surface area (Å²) in [6, 6.07) is 8.72. The van der Waals surface area contributed by atoms with E-state index in [9.17, 15) is 4.79 Å². The highest BCUT2D eigenvalue weighted by molar-refractivity contribution is 5.69. The molecule has 0 spiro atoms. The van der Waals surface area contributed by atoms with Gasteiger partial charge in [0.15, 0.2) is 0 Å². The van der Waals surface area contributed by atoms with Gasteiger partial charge in [-0.15, -0.1) is 0 Å². The average Bonchev–Trinajstić information content (AvgIpc) is 3.07. The van der Waals surface area contributed by atoms with Crippen LogP contribution in [-0.4, -0.2) is 18.9 Å². The van der Waals surface area contributed by atoms with Crippen LogP contribution in [0.15, 0.2) is 24.3 Å². The maximum Gasteiger partial charge on any atom is 0.142 e. The van der Waals surface area contributed by atoms with Gasteiger partial charge in [-0.1, -0.05) is 18.2 Å². The number of hydrogen-bond acceptors (Lipinski definition) is 2. The van der Waals surface area contributed by atoms with Crippen molar-refractivity contribution < 1.29 is 4.79 Å². The second kappa shape index (κ2) is 3.93. The fraction of sp³-hybridized carbons (Fsp3) is 0.500. The van der Waals surface area contributed by atoms with Crippen molar-refractivity contribution in [2.45, 2.75) is 37.6 Å². The number of aldehydes is 1. The minimum Gasteiger partial charge on any atom is -0.362 e. The number of carbonyl (C=O) groups excluding carboxylic acids is 1. The Morgan fingerprint density at radius 3 is 2.75 bits per heavy atom. The monoisotopic (exact) mass is 215 g/mol. The molecule has 2 fully saturated rings. The Kier molecular flexibility index (Phi) is 2.43. The molecule has 1 unspecified atom stereocenters. The van der Waals surface area contributed by atoms with Gasteiger partial charge in [0.1, 0.15) is 6.29 Å². The lowest BCUT2D eigenvalue weighted by Gasteiger charge is -2.25. The van der Waals surface area contributed by atoms with Crippen molar-refractivity contribution in [2.75, 3.05) is 11.4 Å². The van der Waals surface area contributed by atoms with Crippen LogP contribution in [-0.2, 0) is 4.79 Å². The van der Waals surface area contributed by atoms with Gasteiger partial charge in [0, 0.05) is 12.2 Å². The van der Waals surface area contributed by atoms with E-state index in [0.29, 0.717) is 0 Å². The number of nitrogens with zero attached hydrogens (tertiary/aromatic N) is 1. The number of hydrogen-bond donors (Lipinski definition) is 0. The first kappa shape index (κ1) is 9.88. The fourth-order valence-corrected chi connectivity index (χ4v) is 2.72. The SMILES string of the molecule is O=CC1CCCN1c1ccccc1C1CC1.